The summed E-state index contributed by atoms with van der Waals surface area (Å²) in [6.45, 7) is 12.0. The Hall–Kier alpha value is -0.120. The highest BCUT2D eigenvalue weighted by molar-refractivity contribution is 4.47. The van der Waals surface area contributed by atoms with Gasteiger partial charge in [0.15, 0.2) is 0 Å². The van der Waals surface area contributed by atoms with Gasteiger partial charge in [0.05, 0.1) is 47.9 Å². The smallest absolute Gasteiger partial charge is 0.105 e. The third-order valence-electron chi connectivity index (χ3n) is 3.56. The van der Waals surface area contributed by atoms with Crippen molar-refractivity contribution in [3.05, 3.63) is 0 Å². The molecule has 0 spiro atoms. The lowest BCUT2D eigenvalue weighted by Gasteiger charge is -2.32. The first-order valence-electron chi connectivity index (χ1n) is 6.48. The Kier molecular flexibility index (Phi) is 6.53. The van der Waals surface area contributed by atoms with Gasteiger partial charge < -0.3 is 13.7 Å². The molecule has 1 unspecified atom stereocenters. The van der Waals surface area contributed by atoms with Crippen molar-refractivity contribution in [1.29, 1.82) is 0 Å². The molecule has 0 saturated carbocycles. The van der Waals surface area contributed by atoms with E-state index >= 15 is 0 Å². The number of hydrogen-bond acceptors (Lipinski definition) is 1. The molecule has 0 aromatic rings. The SMILES string of the molecule is CC[N+](C)(C)CCOC(C)C[N+](C)(C)CC. The van der Waals surface area contributed by atoms with Crippen LogP contribution >= 0.6 is 0 Å². The van der Waals surface area contributed by atoms with E-state index in [1.165, 1.54) is 0 Å². The van der Waals surface area contributed by atoms with Gasteiger partial charge in [-0.05, 0) is 20.8 Å². The summed E-state index contributed by atoms with van der Waals surface area (Å²) in [6.07, 6.45) is 0.354. The number of likely N-dealkylation sites (N-methyl/N-ethyl adjacent to an activating group) is 2. The molecule has 16 heavy (non-hydrogen) atoms. The molecule has 0 saturated heterocycles. The second kappa shape index (κ2) is 6.58. The van der Waals surface area contributed by atoms with Crippen molar-refractivity contribution in [1.82, 2.24) is 0 Å². The third kappa shape index (κ3) is 7.20. The largest absolute Gasteiger partial charge is 0.367 e. The van der Waals surface area contributed by atoms with Crippen molar-refractivity contribution < 1.29 is 13.7 Å². The van der Waals surface area contributed by atoms with Crippen molar-refractivity contribution in [2.75, 3.05) is 61.0 Å². The summed E-state index contributed by atoms with van der Waals surface area (Å²) >= 11 is 0. The molecule has 0 aromatic carbocycles. The summed E-state index contributed by atoms with van der Waals surface area (Å²) < 4.78 is 7.96. The Labute approximate surface area is 102 Å². The maximum Gasteiger partial charge on any atom is 0.105 e. The number of hydrogen-bond donors (Lipinski definition) is 0. The van der Waals surface area contributed by atoms with E-state index in [-0.39, 0.29) is 0 Å². The van der Waals surface area contributed by atoms with Gasteiger partial charge >= 0.3 is 0 Å². The van der Waals surface area contributed by atoms with Crippen molar-refractivity contribution in [2.24, 2.45) is 0 Å². The van der Waals surface area contributed by atoms with Gasteiger partial charge in [0.2, 0.25) is 0 Å². The van der Waals surface area contributed by atoms with E-state index in [1.54, 1.807) is 0 Å². The molecule has 0 amide bonds. The molecular weight excluding hydrogens is 200 g/mol. The fraction of sp³-hybridized carbons (Fsp3) is 1.00. The molecule has 0 aliphatic rings. The minimum Gasteiger partial charge on any atom is -0.367 e. The molecule has 1 atom stereocenters. The first-order chi connectivity index (χ1) is 7.22. The molecule has 0 aromatic heterocycles. The Balaban J connectivity index is 3.78. The van der Waals surface area contributed by atoms with Crippen LogP contribution in [0.2, 0.25) is 0 Å². The molecule has 0 fully saturated rings. The average Bonchev–Trinajstić information content (AvgIpc) is 2.17. The molecule has 3 nitrogen and oxygen atoms in total. The molecular formula is C13H32N2O+2. The summed E-state index contributed by atoms with van der Waals surface area (Å²) in [5, 5.41) is 0. The highest BCUT2D eigenvalue weighted by atomic mass is 16.5. The van der Waals surface area contributed by atoms with E-state index in [1.807, 2.05) is 0 Å². The summed E-state index contributed by atoms with van der Waals surface area (Å²) in [7, 11) is 9.01. The van der Waals surface area contributed by atoms with E-state index in [0.29, 0.717) is 6.10 Å². The van der Waals surface area contributed by atoms with Gasteiger partial charge in [0.25, 0.3) is 0 Å². The number of nitrogens with zero attached hydrogens (tertiary/aromatic N) is 2. The number of ether oxygens (including phenoxy) is 1. The second-order valence-corrected chi connectivity index (χ2v) is 6.09. The zero-order valence-electron chi connectivity index (χ0n) is 12.4. The van der Waals surface area contributed by atoms with E-state index in [9.17, 15) is 0 Å². The Morgan fingerprint density at radius 1 is 0.938 bits per heavy atom. The van der Waals surface area contributed by atoms with Gasteiger partial charge in [-0.3, -0.25) is 0 Å². The minimum absolute atomic E-state index is 0.354. The Morgan fingerprint density at radius 3 is 1.88 bits per heavy atom. The first kappa shape index (κ1) is 15.9. The van der Waals surface area contributed by atoms with Crippen LogP contribution in [0.4, 0.5) is 0 Å². The maximum absolute atomic E-state index is 5.89. The highest BCUT2D eigenvalue weighted by Gasteiger charge is 2.18. The van der Waals surface area contributed by atoms with Crippen LogP contribution < -0.4 is 0 Å². The molecule has 0 rings (SSSR count). The van der Waals surface area contributed by atoms with Crippen LogP contribution in [0.25, 0.3) is 0 Å². The highest BCUT2D eigenvalue weighted by Crippen LogP contribution is 2.03. The summed E-state index contributed by atoms with van der Waals surface area (Å²) in [4.78, 5) is 0. The van der Waals surface area contributed by atoms with Crippen LogP contribution in [0.1, 0.15) is 20.8 Å². The van der Waals surface area contributed by atoms with Crippen molar-refractivity contribution in [3.63, 3.8) is 0 Å². The zero-order chi connectivity index (χ0) is 12.8. The monoisotopic (exact) mass is 232 g/mol. The van der Waals surface area contributed by atoms with Gasteiger partial charge in [-0.1, -0.05) is 0 Å². The Bertz CT molecular complexity index is 190. The predicted molar refractivity (Wildman–Crippen MR) is 70.4 cm³/mol. The first-order valence-corrected chi connectivity index (χ1v) is 6.48. The van der Waals surface area contributed by atoms with E-state index in [2.05, 4.69) is 49.0 Å². The lowest BCUT2D eigenvalue weighted by Crippen LogP contribution is -2.46. The topological polar surface area (TPSA) is 9.23 Å². The lowest BCUT2D eigenvalue weighted by atomic mass is 10.3. The number of rotatable bonds is 8. The van der Waals surface area contributed by atoms with Crippen LogP contribution in [0.15, 0.2) is 0 Å². The molecule has 0 radical (unpaired) electrons. The van der Waals surface area contributed by atoms with Crippen LogP contribution in [-0.2, 0) is 4.74 Å². The lowest BCUT2D eigenvalue weighted by molar-refractivity contribution is -0.894. The van der Waals surface area contributed by atoms with Gasteiger partial charge in [-0.25, -0.2) is 0 Å². The number of quaternary nitrogens is 2. The van der Waals surface area contributed by atoms with Gasteiger partial charge in [-0.2, -0.15) is 0 Å². The van der Waals surface area contributed by atoms with Crippen molar-refractivity contribution >= 4 is 0 Å². The second-order valence-electron chi connectivity index (χ2n) is 6.09. The standard InChI is InChI=1S/C13H32N2O/c1-8-14(4,5)10-11-16-13(3)12-15(6,7)9-2/h13H,8-12H2,1-7H3/q+2. The van der Waals surface area contributed by atoms with Gasteiger partial charge in [0.1, 0.15) is 19.2 Å². The summed E-state index contributed by atoms with van der Waals surface area (Å²) in [5.41, 5.74) is 0. The molecule has 0 bridgehead atoms. The van der Waals surface area contributed by atoms with Crippen LogP contribution in [0, 0.1) is 0 Å². The minimum atomic E-state index is 0.354. The van der Waals surface area contributed by atoms with Crippen LogP contribution in [0.5, 0.6) is 0 Å². The molecule has 0 N–H and O–H groups in total. The molecule has 0 aliphatic carbocycles. The van der Waals surface area contributed by atoms with Gasteiger partial charge in [0, 0.05) is 0 Å². The fourth-order valence-electron chi connectivity index (χ4n) is 1.54. The third-order valence-corrected chi connectivity index (χ3v) is 3.56. The van der Waals surface area contributed by atoms with Crippen LogP contribution in [0.3, 0.4) is 0 Å². The predicted octanol–water partition coefficient (Wildman–Crippen LogP) is 1.58. The molecule has 0 heterocycles. The molecule has 0 aliphatic heterocycles. The average molecular weight is 232 g/mol. The molecule has 98 valence electrons. The molecule has 3 heteroatoms. The normalized spacial score (nSPS) is 15.2. The van der Waals surface area contributed by atoms with Gasteiger partial charge in [-0.15, -0.1) is 0 Å². The summed E-state index contributed by atoms with van der Waals surface area (Å²) in [6, 6.07) is 0. The van der Waals surface area contributed by atoms with Crippen molar-refractivity contribution in [2.45, 2.75) is 26.9 Å². The quantitative estimate of drug-likeness (QED) is 0.578. The van der Waals surface area contributed by atoms with E-state index in [0.717, 1.165) is 41.8 Å². The van der Waals surface area contributed by atoms with E-state index in [4.69, 9.17) is 4.74 Å². The van der Waals surface area contributed by atoms with Crippen LogP contribution in [-0.4, -0.2) is 76.0 Å². The maximum atomic E-state index is 5.89. The fourth-order valence-corrected chi connectivity index (χ4v) is 1.54. The zero-order valence-corrected chi connectivity index (χ0v) is 12.4. The Morgan fingerprint density at radius 2 is 1.44 bits per heavy atom. The summed E-state index contributed by atoms with van der Waals surface area (Å²) in [5.74, 6) is 0. The van der Waals surface area contributed by atoms with E-state index < -0.39 is 0 Å². The van der Waals surface area contributed by atoms with Crippen molar-refractivity contribution in [3.8, 4) is 0 Å².